The lowest BCUT2D eigenvalue weighted by Gasteiger charge is -2.10. The topological polar surface area (TPSA) is 47.9 Å². The van der Waals surface area contributed by atoms with Gasteiger partial charge >= 0.3 is 5.97 Å². The monoisotopic (exact) mass is 511 g/mol. The van der Waals surface area contributed by atoms with Crippen molar-refractivity contribution in [3.63, 3.8) is 0 Å². The highest BCUT2D eigenvalue weighted by molar-refractivity contribution is 9.10. The van der Waals surface area contributed by atoms with Gasteiger partial charge in [-0.2, -0.15) is 0 Å². The molecule has 3 aromatic carbocycles. The smallest absolute Gasteiger partial charge is 0.363 e. The largest absolute Gasteiger partial charge is 0.488 e. The van der Waals surface area contributed by atoms with Crippen LogP contribution in [0.1, 0.15) is 16.7 Å². The van der Waals surface area contributed by atoms with Gasteiger partial charge in [0.1, 0.15) is 12.4 Å². The van der Waals surface area contributed by atoms with Crippen LogP contribution in [-0.2, 0) is 16.1 Å². The summed E-state index contributed by atoms with van der Waals surface area (Å²) in [6, 6.07) is 22.9. The van der Waals surface area contributed by atoms with E-state index in [2.05, 4.69) is 36.9 Å². The van der Waals surface area contributed by atoms with Crippen molar-refractivity contribution in [1.82, 2.24) is 0 Å². The third kappa shape index (κ3) is 4.66. The Morgan fingerprint density at radius 1 is 0.966 bits per heavy atom. The molecule has 0 bridgehead atoms. The van der Waals surface area contributed by atoms with Gasteiger partial charge < -0.3 is 9.47 Å². The van der Waals surface area contributed by atoms with Crippen LogP contribution in [0.2, 0.25) is 0 Å². The molecular weight excluding hydrogens is 498 g/mol. The van der Waals surface area contributed by atoms with E-state index in [9.17, 15) is 4.79 Å². The van der Waals surface area contributed by atoms with Crippen LogP contribution in [0.15, 0.2) is 92.4 Å². The van der Waals surface area contributed by atoms with Gasteiger partial charge in [-0.3, -0.25) is 0 Å². The maximum absolute atomic E-state index is 12.3. The standard InChI is InChI=1S/C23H15Br2NO3/c24-18-9-5-8-16(12-18)22-26-20(23(27)29-22)13-15-6-2-4-11-21(15)28-14-17-7-1-3-10-19(17)25/h1-13H,14H2. The molecule has 4 nitrogen and oxygen atoms in total. The maximum atomic E-state index is 12.3. The molecular formula is C23H15Br2NO3. The predicted octanol–water partition coefficient (Wildman–Crippen LogP) is 6.14. The Morgan fingerprint density at radius 2 is 1.76 bits per heavy atom. The van der Waals surface area contributed by atoms with E-state index in [1.165, 1.54) is 0 Å². The van der Waals surface area contributed by atoms with Crippen molar-refractivity contribution < 1.29 is 14.3 Å². The van der Waals surface area contributed by atoms with Crippen molar-refractivity contribution >= 4 is 49.8 Å². The molecule has 0 aliphatic carbocycles. The van der Waals surface area contributed by atoms with Crippen molar-refractivity contribution in [2.75, 3.05) is 0 Å². The number of esters is 1. The second kappa shape index (κ2) is 8.76. The van der Waals surface area contributed by atoms with E-state index in [1.54, 1.807) is 6.08 Å². The van der Waals surface area contributed by atoms with E-state index in [1.807, 2.05) is 72.8 Å². The number of carbonyl (C=O) groups is 1. The van der Waals surface area contributed by atoms with Gasteiger partial charge in [-0.1, -0.05) is 74.3 Å². The summed E-state index contributed by atoms with van der Waals surface area (Å²) in [5, 5.41) is 0. The van der Waals surface area contributed by atoms with Crippen molar-refractivity contribution in [1.29, 1.82) is 0 Å². The highest BCUT2D eigenvalue weighted by atomic mass is 79.9. The molecule has 1 aliphatic heterocycles. The maximum Gasteiger partial charge on any atom is 0.363 e. The number of rotatable bonds is 5. The van der Waals surface area contributed by atoms with E-state index in [-0.39, 0.29) is 11.6 Å². The number of para-hydroxylation sites is 1. The third-order valence-electron chi connectivity index (χ3n) is 4.24. The van der Waals surface area contributed by atoms with Crippen LogP contribution < -0.4 is 4.74 Å². The zero-order valence-electron chi connectivity index (χ0n) is 15.1. The fourth-order valence-electron chi connectivity index (χ4n) is 2.80. The average Bonchev–Trinajstić information content (AvgIpc) is 3.09. The van der Waals surface area contributed by atoms with Crippen molar-refractivity contribution in [2.45, 2.75) is 6.61 Å². The SMILES string of the molecule is O=C1OC(c2cccc(Br)c2)=NC1=Cc1ccccc1OCc1ccccc1Br. The van der Waals surface area contributed by atoms with E-state index in [4.69, 9.17) is 9.47 Å². The lowest BCUT2D eigenvalue weighted by atomic mass is 10.1. The lowest BCUT2D eigenvalue weighted by Crippen LogP contribution is -2.05. The van der Waals surface area contributed by atoms with Crippen LogP contribution in [0.4, 0.5) is 0 Å². The molecule has 0 amide bonds. The summed E-state index contributed by atoms with van der Waals surface area (Å²) in [5.74, 6) is 0.462. The number of nitrogens with zero attached hydrogens (tertiary/aromatic N) is 1. The minimum absolute atomic E-state index is 0.233. The number of benzene rings is 3. The highest BCUT2D eigenvalue weighted by Gasteiger charge is 2.24. The molecule has 0 N–H and O–H groups in total. The molecule has 144 valence electrons. The zero-order chi connectivity index (χ0) is 20.2. The van der Waals surface area contributed by atoms with Crippen LogP contribution in [0.25, 0.3) is 6.08 Å². The molecule has 0 atom stereocenters. The molecule has 3 aromatic rings. The van der Waals surface area contributed by atoms with E-state index < -0.39 is 5.97 Å². The number of halogens is 2. The molecule has 0 radical (unpaired) electrons. The van der Waals surface area contributed by atoms with Gasteiger partial charge in [0.05, 0.1) is 0 Å². The van der Waals surface area contributed by atoms with Gasteiger partial charge in [0.25, 0.3) is 0 Å². The van der Waals surface area contributed by atoms with Gasteiger partial charge in [-0.15, -0.1) is 0 Å². The van der Waals surface area contributed by atoms with Crippen LogP contribution >= 0.6 is 31.9 Å². The summed E-state index contributed by atoms with van der Waals surface area (Å²) in [7, 11) is 0. The minimum Gasteiger partial charge on any atom is -0.488 e. The molecule has 0 saturated carbocycles. The first-order valence-electron chi connectivity index (χ1n) is 8.84. The Balaban J connectivity index is 1.59. The Labute approximate surface area is 185 Å². The molecule has 0 saturated heterocycles. The van der Waals surface area contributed by atoms with Gasteiger partial charge in [-0.05, 0) is 36.4 Å². The Bertz CT molecular complexity index is 1140. The molecule has 0 spiro atoms. The Morgan fingerprint density at radius 3 is 2.59 bits per heavy atom. The van der Waals surface area contributed by atoms with Crippen molar-refractivity contribution in [2.24, 2.45) is 4.99 Å². The molecule has 1 aliphatic rings. The molecule has 29 heavy (non-hydrogen) atoms. The first kappa shape index (κ1) is 19.6. The average molecular weight is 513 g/mol. The van der Waals surface area contributed by atoms with E-state index in [0.29, 0.717) is 12.4 Å². The van der Waals surface area contributed by atoms with E-state index in [0.717, 1.165) is 25.6 Å². The quantitative estimate of drug-likeness (QED) is 0.305. The fraction of sp³-hybridized carbons (Fsp3) is 0.0435. The zero-order valence-corrected chi connectivity index (χ0v) is 18.3. The van der Waals surface area contributed by atoms with Crippen LogP contribution in [0.5, 0.6) is 5.75 Å². The first-order chi connectivity index (χ1) is 14.1. The Kier molecular flexibility index (Phi) is 5.92. The summed E-state index contributed by atoms with van der Waals surface area (Å²) < 4.78 is 13.2. The normalized spacial score (nSPS) is 14.6. The number of carbonyl (C=O) groups excluding carboxylic acids is 1. The summed E-state index contributed by atoms with van der Waals surface area (Å²) in [4.78, 5) is 16.7. The number of cyclic esters (lactones) is 1. The van der Waals surface area contributed by atoms with Gasteiger partial charge in [-0.25, -0.2) is 9.79 Å². The molecule has 0 aromatic heterocycles. The van der Waals surface area contributed by atoms with Gasteiger partial charge in [0, 0.05) is 25.6 Å². The minimum atomic E-state index is -0.486. The van der Waals surface area contributed by atoms with Crippen molar-refractivity contribution in [3.05, 3.63) is 104 Å². The summed E-state index contributed by atoms with van der Waals surface area (Å²) in [6.07, 6.45) is 1.68. The van der Waals surface area contributed by atoms with Crippen LogP contribution in [0, 0.1) is 0 Å². The number of hydrogen-bond acceptors (Lipinski definition) is 4. The lowest BCUT2D eigenvalue weighted by molar-refractivity contribution is -0.129. The number of ether oxygens (including phenoxy) is 2. The summed E-state index contributed by atoms with van der Waals surface area (Å²) in [6.45, 7) is 0.401. The third-order valence-corrected chi connectivity index (χ3v) is 5.51. The predicted molar refractivity (Wildman–Crippen MR) is 120 cm³/mol. The van der Waals surface area contributed by atoms with Crippen molar-refractivity contribution in [3.8, 4) is 5.75 Å². The molecule has 1 heterocycles. The van der Waals surface area contributed by atoms with E-state index >= 15 is 0 Å². The van der Waals surface area contributed by atoms with Crippen LogP contribution in [-0.4, -0.2) is 11.9 Å². The highest BCUT2D eigenvalue weighted by Crippen LogP contribution is 2.27. The van der Waals surface area contributed by atoms with Crippen LogP contribution in [0.3, 0.4) is 0 Å². The van der Waals surface area contributed by atoms with Gasteiger partial charge in [0.2, 0.25) is 5.90 Å². The molecule has 4 rings (SSSR count). The second-order valence-corrected chi connectivity index (χ2v) is 8.03. The fourth-order valence-corrected chi connectivity index (χ4v) is 3.60. The summed E-state index contributed by atoms with van der Waals surface area (Å²) in [5.41, 5.74) is 2.75. The number of hydrogen-bond donors (Lipinski definition) is 0. The summed E-state index contributed by atoms with van der Waals surface area (Å²) >= 11 is 6.94. The molecule has 0 unspecified atom stereocenters. The molecule has 6 heteroatoms. The first-order valence-corrected chi connectivity index (χ1v) is 10.4. The Hall–Kier alpha value is -2.70. The van der Waals surface area contributed by atoms with Gasteiger partial charge in [0.15, 0.2) is 5.70 Å². The molecule has 0 fully saturated rings. The number of aliphatic imine (C=N–C) groups is 1. The second-order valence-electron chi connectivity index (χ2n) is 6.26.